The summed E-state index contributed by atoms with van der Waals surface area (Å²) in [5.74, 6) is 0.983. The Hall–Kier alpha value is -1.66. The van der Waals surface area contributed by atoms with Crippen molar-refractivity contribution in [2.24, 2.45) is 0 Å². The molecule has 0 saturated heterocycles. The number of aryl methyl sites for hydroxylation is 1. The van der Waals surface area contributed by atoms with Crippen molar-refractivity contribution in [1.29, 1.82) is 0 Å². The highest BCUT2D eigenvalue weighted by atomic mass is 16.3. The van der Waals surface area contributed by atoms with Gasteiger partial charge in [-0.1, -0.05) is 0 Å². The quantitative estimate of drug-likeness (QED) is 0.849. The first-order valence-corrected chi connectivity index (χ1v) is 6.70. The van der Waals surface area contributed by atoms with Gasteiger partial charge in [0.1, 0.15) is 5.82 Å². The van der Waals surface area contributed by atoms with E-state index in [4.69, 9.17) is 0 Å². The van der Waals surface area contributed by atoms with Gasteiger partial charge in [-0.3, -0.25) is 9.58 Å². The standard InChI is InChI=1S/C13H19N5O/c1-2-18-12-3-6-17(8-13-14-4-5-15-13)7-10(12)11(9-19)16-18/h4-5,19H,2-3,6-9H2,1H3,(H,14,15). The lowest BCUT2D eigenvalue weighted by molar-refractivity contribution is 0.231. The Morgan fingerprint density at radius 2 is 2.37 bits per heavy atom. The maximum atomic E-state index is 9.43. The van der Waals surface area contributed by atoms with Crippen molar-refractivity contribution < 1.29 is 5.11 Å². The van der Waals surface area contributed by atoms with E-state index >= 15 is 0 Å². The molecule has 0 unspecified atom stereocenters. The highest BCUT2D eigenvalue weighted by Crippen LogP contribution is 2.23. The fourth-order valence-electron chi connectivity index (χ4n) is 2.74. The molecular weight excluding hydrogens is 242 g/mol. The highest BCUT2D eigenvalue weighted by Gasteiger charge is 2.24. The van der Waals surface area contributed by atoms with E-state index in [9.17, 15) is 5.11 Å². The highest BCUT2D eigenvalue weighted by molar-refractivity contribution is 5.28. The summed E-state index contributed by atoms with van der Waals surface area (Å²) in [7, 11) is 0. The van der Waals surface area contributed by atoms with Crippen LogP contribution in [-0.4, -0.2) is 36.3 Å². The zero-order chi connectivity index (χ0) is 13.2. The Kier molecular flexibility index (Phi) is 3.35. The maximum Gasteiger partial charge on any atom is 0.120 e. The van der Waals surface area contributed by atoms with Crippen molar-refractivity contribution in [2.45, 2.75) is 39.6 Å². The Balaban J connectivity index is 1.81. The molecule has 0 radical (unpaired) electrons. The second-order valence-electron chi connectivity index (χ2n) is 4.84. The molecule has 3 heterocycles. The van der Waals surface area contributed by atoms with Gasteiger partial charge in [0, 0.05) is 49.7 Å². The molecule has 0 amide bonds. The summed E-state index contributed by atoms with van der Waals surface area (Å²) < 4.78 is 2.02. The van der Waals surface area contributed by atoms with Gasteiger partial charge in [0.25, 0.3) is 0 Å². The van der Waals surface area contributed by atoms with Gasteiger partial charge in [-0.25, -0.2) is 4.98 Å². The van der Waals surface area contributed by atoms with Gasteiger partial charge in [-0.2, -0.15) is 5.10 Å². The zero-order valence-electron chi connectivity index (χ0n) is 11.1. The number of hydrogen-bond donors (Lipinski definition) is 2. The Labute approximate surface area is 112 Å². The van der Waals surface area contributed by atoms with Crippen LogP contribution < -0.4 is 0 Å². The van der Waals surface area contributed by atoms with Crippen LogP contribution in [0.5, 0.6) is 0 Å². The fourth-order valence-corrected chi connectivity index (χ4v) is 2.74. The summed E-state index contributed by atoms with van der Waals surface area (Å²) in [5.41, 5.74) is 3.30. The third-order valence-corrected chi connectivity index (χ3v) is 3.67. The minimum atomic E-state index is 0.0178. The van der Waals surface area contributed by atoms with Gasteiger partial charge in [0.15, 0.2) is 0 Å². The van der Waals surface area contributed by atoms with Gasteiger partial charge in [0.2, 0.25) is 0 Å². The molecular formula is C13H19N5O. The fraction of sp³-hybridized carbons (Fsp3) is 0.538. The molecule has 2 aromatic rings. The number of aliphatic hydroxyl groups is 1. The van der Waals surface area contributed by atoms with Crippen LogP contribution in [0, 0.1) is 0 Å². The van der Waals surface area contributed by atoms with Crippen LogP contribution in [0.4, 0.5) is 0 Å². The topological polar surface area (TPSA) is 70.0 Å². The van der Waals surface area contributed by atoms with Crippen LogP contribution in [0.2, 0.25) is 0 Å². The summed E-state index contributed by atoms with van der Waals surface area (Å²) >= 11 is 0. The van der Waals surface area contributed by atoms with Crippen molar-refractivity contribution in [3.63, 3.8) is 0 Å². The second-order valence-corrected chi connectivity index (χ2v) is 4.84. The SMILES string of the molecule is CCn1nc(CO)c2c1CCN(Cc1ncc[nH]1)C2. The molecule has 3 rings (SSSR count). The number of hydrogen-bond acceptors (Lipinski definition) is 4. The Bertz CT molecular complexity index is 546. The molecule has 0 aliphatic carbocycles. The molecule has 0 aromatic carbocycles. The third-order valence-electron chi connectivity index (χ3n) is 3.67. The van der Waals surface area contributed by atoms with E-state index < -0.39 is 0 Å². The van der Waals surface area contributed by atoms with E-state index in [1.807, 2.05) is 10.9 Å². The molecule has 102 valence electrons. The minimum absolute atomic E-state index is 0.0178. The largest absolute Gasteiger partial charge is 0.390 e. The maximum absolute atomic E-state index is 9.43. The smallest absolute Gasteiger partial charge is 0.120 e. The first kappa shape index (κ1) is 12.4. The van der Waals surface area contributed by atoms with Crippen molar-refractivity contribution in [3.8, 4) is 0 Å². The summed E-state index contributed by atoms with van der Waals surface area (Å²) in [4.78, 5) is 9.73. The third kappa shape index (κ3) is 2.29. The molecule has 0 fully saturated rings. The molecule has 6 heteroatoms. The van der Waals surface area contributed by atoms with Gasteiger partial charge in [-0.05, 0) is 6.92 Å². The van der Waals surface area contributed by atoms with Gasteiger partial charge in [-0.15, -0.1) is 0 Å². The lowest BCUT2D eigenvalue weighted by atomic mass is 10.1. The minimum Gasteiger partial charge on any atom is -0.390 e. The molecule has 1 aliphatic rings. The van der Waals surface area contributed by atoms with E-state index in [0.29, 0.717) is 0 Å². The molecule has 2 aromatic heterocycles. The Morgan fingerprint density at radius 3 is 3.05 bits per heavy atom. The van der Waals surface area contributed by atoms with Crippen LogP contribution in [0.15, 0.2) is 12.4 Å². The number of aliphatic hydroxyl groups excluding tert-OH is 1. The first-order valence-electron chi connectivity index (χ1n) is 6.70. The van der Waals surface area contributed by atoms with E-state index in [1.165, 1.54) is 11.3 Å². The van der Waals surface area contributed by atoms with E-state index in [1.54, 1.807) is 6.20 Å². The summed E-state index contributed by atoms with van der Waals surface area (Å²) in [5, 5.41) is 13.9. The van der Waals surface area contributed by atoms with Crippen LogP contribution in [0.1, 0.15) is 29.7 Å². The van der Waals surface area contributed by atoms with Gasteiger partial charge < -0.3 is 10.1 Å². The van der Waals surface area contributed by atoms with Crippen molar-refractivity contribution in [2.75, 3.05) is 6.54 Å². The van der Waals surface area contributed by atoms with Crippen LogP contribution in [0.3, 0.4) is 0 Å². The monoisotopic (exact) mass is 261 g/mol. The number of H-pyrrole nitrogens is 1. The van der Waals surface area contributed by atoms with Crippen molar-refractivity contribution in [3.05, 3.63) is 35.2 Å². The predicted molar refractivity (Wildman–Crippen MR) is 70.2 cm³/mol. The average Bonchev–Trinajstić information content (AvgIpc) is 3.05. The number of aromatic nitrogens is 4. The summed E-state index contributed by atoms with van der Waals surface area (Å²) in [6.07, 6.45) is 4.61. The second kappa shape index (κ2) is 5.14. The van der Waals surface area contributed by atoms with Gasteiger partial charge in [0.05, 0.1) is 18.8 Å². The van der Waals surface area contributed by atoms with Gasteiger partial charge >= 0.3 is 0 Å². The predicted octanol–water partition coefficient (Wildman–Crippen LogP) is 0.677. The molecule has 0 bridgehead atoms. The Morgan fingerprint density at radius 1 is 1.47 bits per heavy atom. The normalized spacial score (nSPS) is 15.7. The van der Waals surface area contributed by atoms with Crippen LogP contribution in [0.25, 0.3) is 0 Å². The molecule has 0 saturated carbocycles. The van der Waals surface area contributed by atoms with Crippen molar-refractivity contribution >= 4 is 0 Å². The molecule has 2 N–H and O–H groups in total. The average molecular weight is 261 g/mol. The number of aromatic amines is 1. The first-order chi connectivity index (χ1) is 9.31. The van der Waals surface area contributed by atoms with Crippen molar-refractivity contribution in [1.82, 2.24) is 24.6 Å². The molecule has 1 aliphatic heterocycles. The number of nitrogens with zero attached hydrogens (tertiary/aromatic N) is 4. The summed E-state index contributed by atoms with van der Waals surface area (Å²) in [6.45, 7) is 5.62. The molecule has 19 heavy (non-hydrogen) atoms. The summed E-state index contributed by atoms with van der Waals surface area (Å²) in [6, 6.07) is 0. The number of rotatable bonds is 4. The molecule has 0 atom stereocenters. The number of nitrogens with one attached hydrogen (secondary N) is 1. The number of imidazole rings is 1. The number of fused-ring (bicyclic) bond motifs is 1. The molecule has 6 nitrogen and oxygen atoms in total. The van der Waals surface area contributed by atoms with Crippen LogP contribution in [-0.2, 0) is 32.7 Å². The zero-order valence-corrected chi connectivity index (χ0v) is 11.1. The molecule has 0 spiro atoms. The lowest BCUT2D eigenvalue weighted by Gasteiger charge is -2.26. The lowest BCUT2D eigenvalue weighted by Crippen LogP contribution is -2.31. The van der Waals surface area contributed by atoms with E-state index in [-0.39, 0.29) is 6.61 Å². The van der Waals surface area contributed by atoms with E-state index in [2.05, 4.69) is 26.9 Å². The van der Waals surface area contributed by atoms with E-state index in [0.717, 1.165) is 44.1 Å². The van der Waals surface area contributed by atoms with Crippen LogP contribution >= 0.6 is 0 Å².